The van der Waals surface area contributed by atoms with Crippen LogP contribution in [-0.4, -0.2) is 32.4 Å². The first-order valence-corrected chi connectivity index (χ1v) is 10.1. The van der Waals surface area contributed by atoms with Crippen molar-refractivity contribution in [2.24, 2.45) is 0 Å². The minimum Gasteiger partial charge on any atom is -0.493 e. The Kier molecular flexibility index (Phi) is 5.43. The van der Waals surface area contributed by atoms with E-state index in [1.54, 1.807) is 21.1 Å². The number of methoxy groups -OCH3 is 2. The third-order valence-corrected chi connectivity index (χ3v) is 5.95. The molecule has 0 aliphatic carbocycles. The molecule has 0 bridgehead atoms. The molecular weight excluding hydrogens is 382 g/mol. The Labute approximate surface area is 176 Å². The number of rotatable bonds is 5. The molecule has 2 heterocycles. The molecule has 0 amide bonds. The smallest absolute Gasteiger partial charge is 0.339 e. The van der Waals surface area contributed by atoms with Crippen LogP contribution in [0.25, 0.3) is 11.0 Å². The average Bonchev–Trinajstić information content (AvgIpc) is 2.76. The Morgan fingerprint density at radius 2 is 1.77 bits per heavy atom. The van der Waals surface area contributed by atoms with Crippen LogP contribution < -0.4 is 19.8 Å². The third kappa shape index (κ3) is 3.52. The minimum atomic E-state index is -0.282. The van der Waals surface area contributed by atoms with Gasteiger partial charge < -0.3 is 18.6 Å². The monoisotopic (exact) mass is 409 g/mol. The van der Waals surface area contributed by atoms with Crippen LogP contribution in [0.4, 0.5) is 0 Å². The molecule has 0 radical (unpaired) electrons. The fraction of sp³-hybridized carbons (Fsp3) is 0.375. The molecule has 158 valence electrons. The number of benzene rings is 2. The van der Waals surface area contributed by atoms with Gasteiger partial charge in [-0.1, -0.05) is 6.07 Å². The Morgan fingerprint density at radius 3 is 2.50 bits per heavy atom. The quantitative estimate of drug-likeness (QED) is 0.591. The van der Waals surface area contributed by atoms with Crippen molar-refractivity contribution >= 4 is 11.0 Å². The second-order valence-corrected chi connectivity index (χ2v) is 7.77. The molecule has 0 spiro atoms. The molecule has 0 saturated carbocycles. The van der Waals surface area contributed by atoms with Crippen LogP contribution in [-0.2, 0) is 13.0 Å². The summed E-state index contributed by atoms with van der Waals surface area (Å²) in [4.78, 5) is 14.4. The first-order chi connectivity index (χ1) is 14.4. The lowest BCUT2D eigenvalue weighted by atomic mass is 9.99. The summed E-state index contributed by atoms with van der Waals surface area (Å²) in [5.41, 5.74) is 5.16. The van der Waals surface area contributed by atoms with Crippen molar-refractivity contribution < 1.29 is 18.6 Å². The Balaban J connectivity index is 1.56. The van der Waals surface area contributed by atoms with E-state index in [0.29, 0.717) is 17.9 Å². The predicted octanol–water partition coefficient (Wildman–Crippen LogP) is 4.13. The molecule has 3 aromatic rings. The van der Waals surface area contributed by atoms with Gasteiger partial charge in [-0.15, -0.1) is 0 Å². The van der Waals surface area contributed by atoms with Gasteiger partial charge in [-0.05, 0) is 56.5 Å². The van der Waals surface area contributed by atoms with Gasteiger partial charge in [0.25, 0.3) is 0 Å². The Morgan fingerprint density at radius 1 is 1.00 bits per heavy atom. The highest BCUT2D eigenvalue weighted by atomic mass is 16.5. The van der Waals surface area contributed by atoms with Gasteiger partial charge in [-0.3, -0.25) is 4.90 Å². The maximum Gasteiger partial charge on any atom is 0.339 e. The average molecular weight is 409 g/mol. The van der Waals surface area contributed by atoms with Crippen molar-refractivity contribution in [2.45, 2.75) is 33.7 Å². The van der Waals surface area contributed by atoms with E-state index in [1.165, 1.54) is 5.56 Å². The molecule has 6 nitrogen and oxygen atoms in total. The molecule has 0 N–H and O–H groups in total. The maximum atomic E-state index is 12.1. The lowest BCUT2D eigenvalue weighted by Gasteiger charge is -2.30. The normalized spacial score (nSPS) is 13.8. The number of fused-ring (bicyclic) bond motifs is 2. The van der Waals surface area contributed by atoms with Gasteiger partial charge in [-0.25, -0.2) is 4.79 Å². The van der Waals surface area contributed by atoms with Gasteiger partial charge in [0.05, 0.1) is 14.2 Å². The topological polar surface area (TPSA) is 61.1 Å². The fourth-order valence-corrected chi connectivity index (χ4v) is 4.01. The Hall–Kier alpha value is -2.99. The van der Waals surface area contributed by atoms with Crippen LogP contribution in [0.3, 0.4) is 0 Å². The zero-order chi connectivity index (χ0) is 21.4. The second-order valence-electron chi connectivity index (χ2n) is 7.77. The molecule has 0 fully saturated rings. The molecule has 4 rings (SSSR count). The minimum absolute atomic E-state index is 0.282. The van der Waals surface area contributed by atoms with Crippen molar-refractivity contribution in [3.63, 3.8) is 0 Å². The number of ether oxygens (including phenoxy) is 3. The summed E-state index contributed by atoms with van der Waals surface area (Å²) < 4.78 is 22.4. The van der Waals surface area contributed by atoms with E-state index < -0.39 is 0 Å². The largest absolute Gasteiger partial charge is 0.493 e. The number of nitrogens with zero attached hydrogens (tertiary/aromatic N) is 1. The maximum absolute atomic E-state index is 12.1. The van der Waals surface area contributed by atoms with E-state index in [1.807, 2.05) is 26.0 Å². The summed E-state index contributed by atoms with van der Waals surface area (Å²) in [7, 11) is 3.29. The van der Waals surface area contributed by atoms with E-state index in [4.69, 9.17) is 18.6 Å². The summed E-state index contributed by atoms with van der Waals surface area (Å²) in [6, 6.07) is 8.12. The van der Waals surface area contributed by atoms with Gasteiger partial charge in [0.1, 0.15) is 18.1 Å². The zero-order valence-corrected chi connectivity index (χ0v) is 18.1. The summed E-state index contributed by atoms with van der Waals surface area (Å²) in [5, 5.41) is 0.980. The molecular formula is C24H27NO5. The molecule has 1 aliphatic rings. The van der Waals surface area contributed by atoms with Crippen LogP contribution in [0.1, 0.15) is 27.8 Å². The van der Waals surface area contributed by atoms with Crippen molar-refractivity contribution in [3.8, 4) is 17.2 Å². The molecule has 1 aliphatic heterocycles. The SMILES string of the molecule is COc1ccc(CCN2COc3c(cc4c(C)c(C)c(=O)oc4c3C)C2)cc1OC. The highest BCUT2D eigenvalue weighted by Crippen LogP contribution is 2.36. The van der Waals surface area contributed by atoms with Crippen molar-refractivity contribution in [3.05, 3.63) is 62.5 Å². The lowest BCUT2D eigenvalue weighted by molar-refractivity contribution is 0.0959. The summed E-state index contributed by atoms with van der Waals surface area (Å²) in [5.74, 6) is 2.30. The van der Waals surface area contributed by atoms with E-state index in [-0.39, 0.29) is 5.63 Å². The van der Waals surface area contributed by atoms with Crippen molar-refractivity contribution in [1.82, 2.24) is 4.90 Å². The standard InChI is InChI=1S/C24H27NO5/c1-14-15(2)24(26)30-23-16(3)22-18(11-19(14)23)12-25(13-29-22)9-8-17-6-7-20(27-4)21(10-17)28-5/h6-7,10-11H,8-9,12-13H2,1-5H3. The van der Waals surface area contributed by atoms with E-state index in [9.17, 15) is 4.79 Å². The van der Waals surface area contributed by atoms with E-state index in [0.717, 1.165) is 58.8 Å². The van der Waals surface area contributed by atoms with Crippen LogP contribution in [0.2, 0.25) is 0 Å². The van der Waals surface area contributed by atoms with Gasteiger partial charge in [0.15, 0.2) is 11.5 Å². The third-order valence-electron chi connectivity index (χ3n) is 5.95. The van der Waals surface area contributed by atoms with Crippen LogP contribution >= 0.6 is 0 Å². The van der Waals surface area contributed by atoms with Gasteiger partial charge >= 0.3 is 5.63 Å². The van der Waals surface area contributed by atoms with Gasteiger partial charge in [-0.2, -0.15) is 0 Å². The van der Waals surface area contributed by atoms with Crippen LogP contribution in [0.5, 0.6) is 17.2 Å². The van der Waals surface area contributed by atoms with Crippen LogP contribution in [0, 0.1) is 20.8 Å². The first kappa shape index (κ1) is 20.3. The van der Waals surface area contributed by atoms with Crippen LogP contribution in [0.15, 0.2) is 33.5 Å². The summed E-state index contributed by atoms with van der Waals surface area (Å²) in [6.45, 7) is 7.88. The molecule has 30 heavy (non-hydrogen) atoms. The number of hydrogen-bond donors (Lipinski definition) is 0. The zero-order valence-electron chi connectivity index (χ0n) is 18.1. The number of aryl methyl sites for hydroxylation is 2. The molecule has 6 heteroatoms. The van der Waals surface area contributed by atoms with E-state index in [2.05, 4.69) is 17.0 Å². The predicted molar refractivity (Wildman–Crippen MR) is 116 cm³/mol. The molecule has 0 atom stereocenters. The molecule has 2 aromatic carbocycles. The van der Waals surface area contributed by atoms with E-state index >= 15 is 0 Å². The van der Waals surface area contributed by atoms with Crippen molar-refractivity contribution in [2.75, 3.05) is 27.5 Å². The van der Waals surface area contributed by atoms with Crippen molar-refractivity contribution in [1.29, 1.82) is 0 Å². The summed E-state index contributed by atoms with van der Waals surface area (Å²) >= 11 is 0. The highest BCUT2D eigenvalue weighted by molar-refractivity contribution is 5.87. The molecule has 0 unspecified atom stereocenters. The van der Waals surface area contributed by atoms with Gasteiger partial charge in [0.2, 0.25) is 0 Å². The first-order valence-electron chi connectivity index (χ1n) is 10.1. The number of hydrogen-bond acceptors (Lipinski definition) is 6. The van der Waals surface area contributed by atoms with Gasteiger partial charge in [0, 0.05) is 35.2 Å². The molecule has 0 saturated heterocycles. The Bertz CT molecular complexity index is 1160. The summed E-state index contributed by atoms with van der Waals surface area (Å²) in [6.07, 6.45) is 0.874. The highest BCUT2D eigenvalue weighted by Gasteiger charge is 2.23. The lowest BCUT2D eigenvalue weighted by Crippen LogP contribution is -2.34. The second kappa shape index (κ2) is 8.03. The molecule has 1 aromatic heterocycles. The fourth-order valence-electron chi connectivity index (χ4n) is 4.01.